The van der Waals surface area contributed by atoms with Crippen LogP contribution in [0.4, 0.5) is 10.5 Å². The number of nitrogens with one attached hydrogen (secondary N) is 2. The summed E-state index contributed by atoms with van der Waals surface area (Å²) in [4.78, 5) is 26.5. The molecule has 2 N–H and O–H groups in total. The minimum atomic E-state index is -0.317. The lowest BCUT2D eigenvalue weighted by atomic mass is 10.1. The fraction of sp³-hybridized carbons (Fsp3) is 0.300. The number of urea groups is 1. The number of nitrogens with zero attached hydrogens (tertiary/aromatic N) is 1. The molecule has 5 nitrogen and oxygen atoms in total. The molecule has 0 radical (unpaired) electrons. The highest BCUT2D eigenvalue weighted by molar-refractivity contribution is 6.30. The first-order valence-corrected chi connectivity index (χ1v) is 9.18. The molecule has 1 saturated heterocycles. The van der Waals surface area contributed by atoms with Gasteiger partial charge in [-0.05, 0) is 55.2 Å². The van der Waals surface area contributed by atoms with Crippen molar-refractivity contribution >= 4 is 29.2 Å². The Kier molecular flexibility index (Phi) is 6.12. The summed E-state index contributed by atoms with van der Waals surface area (Å²) in [6.07, 6.45) is 3.28. The van der Waals surface area contributed by atoms with E-state index >= 15 is 0 Å². The van der Waals surface area contributed by atoms with Crippen LogP contribution in [0.5, 0.6) is 0 Å². The Morgan fingerprint density at radius 3 is 2.46 bits per heavy atom. The van der Waals surface area contributed by atoms with Gasteiger partial charge in [-0.15, -0.1) is 0 Å². The predicted molar refractivity (Wildman–Crippen MR) is 104 cm³/mol. The smallest absolute Gasteiger partial charge is 0.319 e. The Morgan fingerprint density at radius 2 is 1.73 bits per heavy atom. The summed E-state index contributed by atoms with van der Waals surface area (Å²) < 4.78 is 0. The molecule has 2 aromatic carbocycles. The van der Waals surface area contributed by atoms with Crippen molar-refractivity contribution in [3.63, 3.8) is 0 Å². The first kappa shape index (κ1) is 18.3. The maximum absolute atomic E-state index is 12.6. The van der Waals surface area contributed by atoms with Crippen molar-refractivity contribution in [1.29, 1.82) is 0 Å². The molecule has 0 bridgehead atoms. The highest BCUT2D eigenvalue weighted by atomic mass is 35.5. The molecular formula is C20H22ClN3O2. The number of halogens is 1. The zero-order chi connectivity index (χ0) is 18.4. The lowest BCUT2D eigenvalue weighted by Crippen LogP contribution is -2.35. The van der Waals surface area contributed by atoms with E-state index in [0.717, 1.165) is 31.5 Å². The largest absolute Gasteiger partial charge is 0.339 e. The number of benzene rings is 2. The van der Waals surface area contributed by atoms with Crippen LogP contribution < -0.4 is 10.6 Å². The predicted octanol–water partition coefficient (Wildman–Crippen LogP) is 4.29. The molecule has 0 aromatic heterocycles. The number of carbonyl (C=O) groups is 2. The first-order chi connectivity index (χ1) is 12.6. The molecule has 0 unspecified atom stereocenters. The summed E-state index contributed by atoms with van der Waals surface area (Å²) in [5.41, 5.74) is 2.16. The number of likely N-dealkylation sites (tertiary alicyclic amines) is 1. The quantitative estimate of drug-likeness (QED) is 0.842. The van der Waals surface area contributed by atoms with Gasteiger partial charge in [-0.25, -0.2) is 4.79 Å². The fourth-order valence-electron chi connectivity index (χ4n) is 2.97. The highest BCUT2D eigenvalue weighted by Gasteiger charge is 2.18. The Labute approximate surface area is 158 Å². The molecular weight excluding hydrogens is 350 g/mol. The van der Waals surface area contributed by atoms with Crippen molar-refractivity contribution in [3.8, 4) is 0 Å². The minimum absolute atomic E-state index is 0.0231. The van der Waals surface area contributed by atoms with E-state index in [2.05, 4.69) is 10.6 Å². The summed E-state index contributed by atoms with van der Waals surface area (Å²) in [5, 5.41) is 6.23. The molecule has 2 aromatic rings. The molecule has 1 fully saturated rings. The van der Waals surface area contributed by atoms with Crippen molar-refractivity contribution in [1.82, 2.24) is 10.2 Å². The molecule has 26 heavy (non-hydrogen) atoms. The second-order valence-corrected chi connectivity index (χ2v) is 6.80. The molecule has 1 aliphatic rings. The van der Waals surface area contributed by atoms with Crippen LogP contribution >= 0.6 is 11.6 Å². The lowest BCUT2D eigenvalue weighted by molar-refractivity contribution is 0.0724. The van der Waals surface area contributed by atoms with E-state index in [0.29, 0.717) is 22.8 Å². The van der Waals surface area contributed by atoms with Gasteiger partial charge in [0.05, 0.1) is 0 Å². The average Bonchev–Trinajstić information content (AvgIpc) is 2.68. The topological polar surface area (TPSA) is 61.4 Å². The number of hydrogen-bond acceptors (Lipinski definition) is 2. The van der Waals surface area contributed by atoms with Gasteiger partial charge in [0.25, 0.3) is 5.91 Å². The van der Waals surface area contributed by atoms with Gasteiger partial charge in [0, 0.05) is 35.9 Å². The van der Waals surface area contributed by atoms with Crippen LogP contribution in [0.15, 0.2) is 48.5 Å². The maximum atomic E-state index is 12.6. The summed E-state index contributed by atoms with van der Waals surface area (Å²) in [5.74, 6) is 0.0231. The third-order valence-corrected chi connectivity index (χ3v) is 4.63. The van der Waals surface area contributed by atoms with Crippen LogP contribution in [-0.4, -0.2) is 29.9 Å². The van der Waals surface area contributed by atoms with Crippen molar-refractivity contribution in [2.75, 3.05) is 18.4 Å². The van der Waals surface area contributed by atoms with Crippen LogP contribution in [-0.2, 0) is 6.54 Å². The Morgan fingerprint density at radius 1 is 1.00 bits per heavy atom. The molecule has 0 saturated carbocycles. The Bertz CT molecular complexity index is 771. The first-order valence-electron chi connectivity index (χ1n) is 8.80. The molecule has 136 valence electrons. The lowest BCUT2D eigenvalue weighted by Gasteiger charge is -2.26. The summed E-state index contributed by atoms with van der Waals surface area (Å²) >= 11 is 5.85. The molecule has 1 aliphatic heterocycles. The van der Waals surface area contributed by atoms with Crippen LogP contribution in [0.3, 0.4) is 0 Å². The zero-order valence-electron chi connectivity index (χ0n) is 14.5. The SMILES string of the molecule is O=C(NCc1ccc(Cl)cc1)Nc1cccc(C(=O)N2CCCCC2)c1. The van der Waals surface area contributed by atoms with Gasteiger partial charge in [-0.1, -0.05) is 29.8 Å². The summed E-state index contributed by atoms with van der Waals surface area (Å²) in [6.45, 7) is 2.01. The fourth-order valence-corrected chi connectivity index (χ4v) is 3.10. The van der Waals surface area contributed by atoms with E-state index in [1.54, 1.807) is 36.4 Å². The van der Waals surface area contributed by atoms with Gasteiger partial charge in [-0.2, -0.15) is 0 Å². The summed E-state index contributed by atoms with van der Waals surface area (Å²) in [7, 11) is 0. The Balaban J connectivity index is 1.56. The van der Waals surface area contributed by atoms with Crippen LogP contribution in [0.1, 0.15) is 35.2 Å². The van der Waals surface area contributed by atoms with Gasteiger partial charge in [0.15, 0.2) is 0 Å². The van der Waals surface area contributed by atoms with Crippen molar-refractivity contribution in [2.45, 2.75) is 25.8 Å². The number of amides is 3. The second-order valence-electron chi connectivity index (χ2n) is 6.37. The number of anilines is 1. The van der Waals surface area contributed by atoms with Crippen molar-refractivity contribution < 1.29 is 9.59 Å². The van der Waals surface area contributed by atoms with E-state index in [-0.39, 0.29) is 11.9 Å². The average molecular weight is 372 g/mol. The molecule has 1 heterocycles. The zero-order valence-corrected chi connectivity index (χ0v) is 15.3. The van der Waals surface area contributed by atoms with Gasteiger partial charge >= 0.3 is 6.03 Å². The van der Waals surface area contributed by atoms with E-state index in [1.807, 2.05) is 17.0 Å². The third kappa shape index (κ3) is 4.99. The number of rotatable bonds is 4. The molecule has 0 spiro atoms. The number of piperidine rings is 1. The van der Waals surface area contributed by atoms with Crippen LogP contribution in [0, 0.1) is 0 Å². The Hall–Kier alpha value is -2.53. The van der Waals surface area contributed by atoms with E-state index in [4.69, 9.17) is 11.6 Å². The van der Waals surface area contributed by atoms with Gasteiger partial charge in [-0.3, -0.25) is 4.79 Å². The summed E-state index contributed by atoms with van der Waals surface area (Å²) in [6, 6.07) is 14.0. The molecule has 0 atom stereocenters. The maximum Gasteiger partial charge on any atom is 0.319 e. The van der Waals surface area contributed by atoms with Gasteiger partial charge in [0.1, 0.15) is 0 Å². The third-order valence-electron chi connectivity index (χ3n) is 4.38. The standard InChI is InChI=1S/C20H22ClN3O2/c21-17-9-7-15(8-10-17)14-22-20(26)23-18-6-4-5-16(13-18)19(25)24-11-2-1-3-12-24/h4-10,13H,1-3,11-12,14H2,(H2,22,23,26). The number of carbonyl (C=O) groups excluding carboxylic acids is 2. The van der Waals surface area contributed by atoms with Crippen LogP contribution in [0.25, 0.3) is 0 Å². The molecule has 6 heteroatoms. The van der Waals surface area contributed by atoms with Gasteiger partial charge in [0.2, 0.25) is 0 Å². The van der Waals surface area contributed by atoms with Crippen molar-refractivity contribution in [2.24, 2.45) is 0 Å². The van der Waals surface area contributed by atoms with E-state index < -0.39 is 0 Å². The normalized spacial score (nSPS) is 14.0. The van der Waals surface area contributed by atoms with E-state index in [1.165, 1.54) is 6.42 Å². The highest BCUT2D eigenvalue weighted by Crippen LogP contribution is 2.16. The number of hydrogen-bond donors (Lipinski definition) is 2. The van der Waals surface area contributed by atoms with E-state index in [9.17, 15) is 9.59 Å². The van der Waals surface area contributed by atoms with Crippen LogP contribution in [0.2, 0.25) is 5.02 Å². The monoisotopic (exact) mass is 371 g/mol. The molecule has 3 amide bonds. The molecule has 3 rings (SSSR count). The molecule has 0 aliphatic carbocycles. The van der Waals surface area contributed by atoms with Gasteiger partial charge < -0.3 is 15.5 Å². The van der Waals surface area contributed by atoms with Crippen molar-refractivity contribution in [3.05, 3.63) is 64.7 Å². The minimum Gasteiger partial charge on any atom is -0.339 e. The second kappa shape index (κ2) is 8.72.